The van der Waals surface area contributed by atoms with Crippen LogP contribution in [-0.4, -0.2) is 99.8 Å². The average molecular weight is 398 g/mol. The highest BCUT2D eigenvalue weighted by Crippen LogP contribution is 2.10. The summed E-state index contributed by atoms with van der Waals surface area (Å²) in [5.74, 6) is -0.927. The van der Waals surface area contributed by atoms with Gasteiger partial charge in [0, 0.05) is 19.4 Å². The van der Waals surface area contributed by atoms with E-state index < -0.39 is 16.1 Å². The molecular formula is C17H39N3O5S+2. The average Bonchev–Trinajstić information content (AvgIpc) is 2.34. The Morgan fingerprint density at radius 1 is 1.19 bits per heavy atom. The van der Waals surface area contributed by atoms with Crippen LogP contribution in [-0.2, 0) is 14.9 Å². The third-order valence-electron chi connectivity index (χ3n) is 3.62. The number of hydrogen-bond acceptors (Lipinski definition) is 4. The first-order valence-electron chi connectivity index (χ1n) is 8.68. The monoisotopic (exact) mass is 397 g/mol. The van der Waals surface area contributed by atoms with Crippen LogP contribution in [0.3, 0.4) is 0 Å². The maximum atomic E-state index is 10.7. The van der Waals surface area contributed by atoms with Gasteiger partial charge >= 0.3 is 5.97 Å². The zero-order chi connectivity index (χ0) is 21.2. The van der Waals surface area contributed by atoms with Crippen LogP contribution in [0.1, 0.15) is 26.7 Å². The quantitative estimate of drug-likeness (QED) is 0.208. The highest BCUT2D eigenvalue weighted by atomic mass is 32.2. The first-order valence-corrected chi connectivity index (χ1v) is 10.3. The van der Waals surface area contributed by atoms with E-state index in [9.17, 15) is 13.2 Å². The molecule has 1 atom stereocenters. The smallest absolute Gasteiger partial charge is 0.359 e. The number of carboxylic acids is 1. The topological polar surface area (TPSA) is 104 Å². The molecular weight excluding hydrogens is 358 g/mol. The molecule has 0 aliphatic heterocycles. The van der Waals surface area contributed by atoms with Crippen molar-refractivity contribution in [2.45, 2.75) is 32.9 Å². The molecule has 3 N–H and O–H groups in total. The van der Waals surface area contributed by atoms with E-state index in [4.69, 9.17) is 9.66 Å². The molecule has 0 saturated heterocycles. The lowest BCUT2D eigenvalue weighted by molar-refractivity contribution is -0.918. The molecule has 0 rings (SSSR count). The summed E-state index contributed by atoms with van der Waals surface area (Å²) in [6.07, 6.45) is 1.66. The summed E-state index contributed by atoms with van der Waals surface area (Å²) in [5.41, 5.74) is 1.08. The van der Waals surface area contributed by atoms with E-state index >= 15 is 0 Å². The Balaban J connectivity index is 0. The fourth-order valence-corrected chi connectivity index (χ4v) is 2.89. The van der Waals surface area contributed by atoms with Crippen LogP contribution in [0.2, 0.25) is 0 Å². The third-order valence-corrected chi connectivity index (χ3v) is 4.42. The van der Waals surface area contributed by atoms with E-state index in [2.05, 4.69) is 32.9 Å². The molecule has 0 spiro atoms. The van der Waals surface area contributed by atoms with E-state index in [1.54, 1.807) is 0 Å². The number of hydrogen-bond donors (Lipinski definition) is 3. The molecule has 0 aromatic rings. The molecule has 9 heteroatoms. The molecule has 8 nitrogen and oxygen atoms in total. The fourth-order valence-electron chi connectivity index (χ4n) is 2.39. The Kier molecular flexibility index (Phi) is 12.2. The van der Waals surface area contributed by atoms with Gasteiger partial charge in [-0.2, -0.15) is 8.42 Å². The van der Waals surface area contributed by atoms with Crippen LogP contribution in [0, 0.1) is 0 Å². The highest BCUT2D eigenvalue weighted by molar-refractivity contribution is 7.85. The molecule has 0 aliphatic rings. The number of likely N-dealkylation sites (N-methyl/N-ethyl adjacent to an activating group) is 1. The Labute approximate surface area is 159 Å². The molecule has 0 fully saturated rings. The molecule has 0 aromatic heterocycles. The Hall–Kier alpha value is -1.00. The van der Waals surface area contributed by atoms with Gasteiger partial charge in [0.15, 0.2) is 6.54 Å². The van der Waals surface area contributed by atoms with E-state index in [0.29, 0.717) is 21.9 Å². The second kappa shape index (κ2) is 11.7. The van der Waals surface area contributed by atoms with Crippen LogP contribution >= 0.6 is 0 Å². The Morgan fingerprint density at radius 3 is 1.96 bits per heavy atom. The lowest BCUT2D eigenvalue weighted by Crippen LogP contribution is -2.56. The van der Waals surface area contributed by atoms with Crippen molar-refractivity contribution in [2.24, 2.45) is 0 Å². The van der Waals surface area contributed by atoms with Crippen molar-refractivity contribution in [3.05, 3.63) is 12.2 Å². The van der Waals surface area contributed by atoms with Gasteiger partial charge in [-0.15, -0.1) is 0 Å². The van der Waals surface area contributed by atoms with Crippen LogP contribution in [0.4, 0.5) is 0 Å². The SMILES string of the molecule is C=C(C)CNC(CC)[N+](C)(C)CCCS(=O)(=O)O.C[N+](C)(C)CC(=O)O. The molecule has 26 heavy (non-hydrogen) atoms. The summed E-state index contributed by atoms with van der Waals surface area (Å²) in [7, 11) is 5.79. The largest absolute Gasteiger partial charge is 0.477 e. The van der Waals surface area contributed by atoms with Crippen molar-refractivity contribution < 1.29 is 31.8 Å². The lowest BCUT2D eigenvalue weighted by atomic mass is 10.2. The molecule has 0 amide bonds. The Morgan fingerprint density at radius 2 is 1.69 bits per heavy atom. The molecule has 0 radical (unpaired) electrons. The van der Waals surface area contributed by atoms with E-state index in [0.717, 1.165) is 18.5 Å². The van der Waals surface area contributed by atoms with E-state index in [1.807, 2.05) is 28.1 Å². The minimum Gasteiger partial charge on any atom is -0.477 e. The number of carbonyl (C=O) groups is 1. The molecule has 1 unspecified atom stereocenters. The summed E-state index contributed by atoms with van der Waals surface area (Å²) in [6, 6.07) is 0. The van der Waals surface area contributed by atoms with Crippen molar-refractivity contribution in [3.63, 3.8) is 0 Å². The minimum atomic E-state index is -3.85. The van der Waals surface area contributed by atoms with Gasteiger partial charge < -0.3 is 14.1 Å². The summed E-state index contributed by atoms with van der Waals surface area (Å²) < 4.78 is 31.3. The highest BCUT2D eigenvalue weighted by Gasteiger charge is 2.26. The third kappa shape index (κ3) is 17.8. The number of nitrogens with one attached hydrogen (secondary N) is 1. The van der Waals surface area contributed by atoms with Gasteiger partial charge in [-0.3, -0.25) is 9.87 Å². The van der Waals surface area contributed by atoms with Gasteiger partial charge in [0.05, 0.1) is 47.5 Å². The van der Waals surface area contributed by atoms with Crippen molar-refractivity contribution in [2.75, 3.05) is 60.6 Å². The zero-order valence-corrected chi connectivity index (χ0v) is 18.3. The minimum absolute atomic E-state index is 0.175. The second-order valence-corrected chi connectivity index (χ2v) is 9.82. The van der Waals surface area contributed by atoms with Gasteiger partial charge in [-0.05, 0) is 6.92 Å². The summed E-state index contributed by atoms with van der Waals surface area (Å²) in [4.78, 5) is 10.00. The molecule has 156 valence electrons. The number of nitrogens with zero attached hydrogens (tertiary/aromatic N) is 2. The van der Waals surface area contributed by atoms with Crippen LogP contribution in [0.25, 0.3) is 0 Å². The molecule has 0 saturated carbocycles. The lowest BCUT2D eigenvalue weighted by Gasteiger charge is -2.38. The van der Waals surface area contributed by atoms with Gasteiger partial charge in [-0.1, -0.05) is 19.1 Å². The second-order valence-electron chi connectivity index (χ2n) is 8.25. The van der Waals surface area contributed by atoms with Crippen LogP contribution in [0.15, 0.2) is 12.2 Å². The van der Waals surface area contributed by atoms with E-state index in [-0.39, 0.29) is 18.5 Å². The molecule has 0 aromatic carbocycles. The predicted octanol–water partition coefficient (Wildman–Crippen LogP) is 1.02. The number of quaternary nitrogens is 2. The summed E-state index contributed by atoms with van der Waals surface area (Å²) in [5, 5.41) is 11.7. The van der Waals surface area contributed by atoms with Crippen molar-refractivity contribution in [1.82, 2.24) is 5.32 Å². The maximum Gasteiger partial charge on any atom is 0.359 e. The fraction of sp³-hybridized carbons (Fsp3) is 0.824. The van der Waals surface area contributed by atoms with Crippen molar-refractivity contribution >= 4 is 16.1 Å². The predicted molar refractivity (Wildman–Crippen MR) is 105 cm³/mol. The number of aliphatic carboxylic acids is 1. The molecule has 0 bridgehead atoms. The first-order chi connectivity index (χ1) is 11.5. The normalized spacial score (nSPS) is 13.5. The zero-order valence-electron chi connectivity index (χ0n) is 17.4. The Bertz CT molecular complexity index is 539. The molecule has 0 heterocycles. The van der Waals surface area contributed by atoms with Gasteiger partial charge in [0.2, 0.25) is 0 Å². The van der Waals surface area contributed by atoms with Gasteiger partial charge in [0.1, 0.15) is 6.17 Å². The maximum absolute atomic E-state index is 10.7. The summed E-state index contributed by atoms with van der Waals surface area (Å²) >= 11 is 0. The van der Waals surface area contributed by atoms with Crippen LogP contribution < -0.4 is 5.32 Å². The van der Waals surface area contributed by atoms with Gasteiger partial charge in [0.25, 0.3) is 10.1 Å². The number of carboxylic acid groups (broad SMARTS) is 1. The van der Waals surface area contributed by atoms with Crippen LogP contribution in [0.5, 0.6) is 0 Å². The first kappa shape index (κ1) is 27.2. The molecule has 0 aliphatic carbocycles. The van der Waals surface area contributed by atoms with Gasteiger partial charge in [-0.25, -0.2) is 4.79 Å². The standard InChI is InChI=1S/C12H26N2O3S.C5H11NO2/c1-6-12(13-10-11(2)3)14(4,5)8-7-9-18(15,16)17;1-6(2,3)4-5(7)8/h12-13H,2,6-10H2,1,3-5H3;4H2,1-3H3/p+2. The summed E-state index contributed by atoms with van der Waals surface area (Å²) in [6.45, 7) is 9.56. The van der Waals surface area contributed by atoms with Crippen molar-refractivity contribution in [3.8, 4) is 0 Å². The number of rotatable bonds is 11. The van der Waals surface area contributed by atoms with Crippen molar-refractivity contribution in [1.29, 1.82) is 0 Å². The van der Waals surface area contributed by atoms with E-state index in [1.165, 1.54) is 0 Å².